The molecule has 3 aromatic carbocycles. The zero-order chi connectivity index (χ0) is 21.0. The Kier molecular flexibility index (Phi) is 7.58. The topological polar surface area (TPSA) is 83.7 Å². The summed E-state index contributed by atoms with van der Waals surface area (Å²) in [7, 11) is 0. The number of amides is 1. The highest BCUT2D eigenvalue weighted by Crippen LogP contribution is 2.15. The molecule has 0 radical (unpaired) electrons. The first-order valence-corrected chi connectivity index (χ1v) is 9.44. The molecule has 30 heavy (non-hydrogen) atoms. The molecule has 1 amide bonds. The monoisotopic (exact) mass is 399 g/mol. The normalized spacial score (nSPS) is 11.4. The molecule has 6 nitrogen and oxygen atoms in total. The van der Waals surface area contributed by atoms with Gasteiger partial charge in [-0.05, 0) is 47.5 Å². The Bertz CT molecular complexity index is 997. The number of benzene rings is 3. The van der Waals surface area contributed by atoms with Gasteiger partial charge in [0.15, 0.2) is 5.92 Å². The number of carbonyl (C=O) groups excluding carboxylic acids is 1. The maximum absolute atomic E-state index is 12.2. The van der Waals surface area contributed by atoms with E-state index < -0.39 is 11.8 Å². The highest BCUT2D eigenvalue weighted by Gasteiger charge is 2.19. The lowest BCUT2D eigenvalue weighted by molar-refractivity contribution is -0.121. The number of hydrazone groups is 1. The van der Waals surface area contributed by atoms with Crippen LogP contribution in [0.15, 0.2) is 90.0 Å². The fourth-order valence-electron chi connectivity index (χ4n) is 2.65. The molecule has 0 fully saturated rings. The molecule has 1 N–H and O–H groups in total. The van der Waals surface area contributed by atoms with Crippen molar-refractivity contribution in [3.05, 3.63) is 96.1 Å². The zero-order valence-corrected chi connectivity index (χ0v) is 16.3. The second kappa shape index (κ2) is 11.0. The van der Waals surface area contributed by atoms with E-state index in [1.54, 1.807) is 24.3 Å². The molecule has 6 heteroatoms. The number of rotatable bonds is 9. The van der Waals surface area contributed by atoms with Crippen LogP contribution in [0.5, 0.6) is 11.5 Å². The molecule has 3 rings (SSSR count). The molecule has 0 aromatic heterocycles. The summed E-state index contributed by atoms with van der Waals surface area (Å²) in [6, 6.07) is 27.7. The van der Waals surface area contributed by atoms with Crippen LogP contribution >= 0.6 is 0 Å². The summed E-state index contributed by atoms with van der Waals surface area (Å²) < 4.78 is 11.2. The lowest BCUT2D eigenvalue weighted by atomic mass is 10.0. The molecule has 0 heterocycles. The lowest BCUT2D eigenvalue weighted by Gasteiger charge is -2.08. The van der Waals surface area contributed by atoms with Crippen molar-refractivity contribution in [1.82, 2.24) is 5.43 Å². The summed E-state index contributed by atoms with van der Waals surface area (Å²) >= 11 is 0. The summed E-state index contributed by atoms with van der Waals surface area (Å²) in [6.07, 6.45) is 1.51. The summed E-state index contributed by atoms with van der Waals surface area (Å²) in [5, 5.41) is 13.2. The number of hydrogen-bond acceptors (Lipinski definition) is 5. The Morgan fingerprint density at radius 1 is 0.900 bits per heavy atom. The molecule has 0 bridgehead atoms. The fraction of sp³-hybridized carbons (Fsp3) is 0.125. The molecule has 0 spiro atoms. The summed E-state index contributed by atoms with van der Waals surface area (Å²) in [5.74, 6) is 0.137. The van der Waals surface area contributed by atoms with Gasteiger partial charge < -0.3 is 9.47 Å². The molecule has 0 aliphatic carbocycles. The quantitative estimate of drug-likeness (QED) is 0.336. The molecule has 0 saturated heterocycles. The molecule has 0 aliphatic heterocycles. The van der Waals surface area contributed by atoms with Gasteiger partial charge in [-0.15, -0.1) is 0 Å². The van der Waals surface area contributed by atoms with Gasteiger partial charge in [0.1, 0.15) is 24.7 Å². The van der Waals surface area contributed by atoms with Gasteiger partial charge in [0.05, 0.1) is 12.3 Å². The highest BCUT2D eigenvalue weighted by molar-refractivity contribution is 5.88. The van der Waals surface area contributed by atoms with Crippen LogP contribution in [0.1, 0.15) is 17.0 Å². The highest BCUT2D eigenvalue weighted by atomic mass is 16.5. The fourth-order valence-corrected chi connectivity index (χ4v) is 2.65. The van der Waals surface area contributed by atoms with Gasteiger partial charge in [0, 0.05) is 0 Å². The summed E-state index contributed by atoms with van der Waals surface area (Å²) in [6.45, 7) is 0.869. The maximum Gasteiger partial charge on any atom is 0.261 e. The largest absolute Gasteiger partial charge is 0.490 e. The third kappa shape index (κ3) is 6.21. The lowest BCUT2D eigenvalue weighted by Crippen LogP contribution is -2.24. The standard InChI is InChI=1S/C24H21N3O3/c25-17-23(20-7-3-1-4-8-20)24(28)27-26-18-19-11-13-22(14-12-19)30-16-15-29-21-9-5-2-6-10-21/h1-14,18,23H,15-16H2,(H,27,28)/b26-18-/t23-/m0/s1. The van der Waals surface area contributed by atoms with Gasteiger partial charge in [-0.2, -0.15) is 10.4 Å². The second-order valence-corrected chi connectivity index (χ2v) is 6.29. The number of carbonyl (C=O) groups is 1. The third-order valence-corrected chi connectivity index (χ3v) is 4.16. The van der Waals surface area contributed by atoms with Crippen molar-refractivity contribution in [1.29, 1.82) is 5.26 Å². The number of nitriles is 1. The minimum atomic E-state index is -0.905. The molecular formula is C24H21N3O3. The maximum atomic E-state index is 12.2. The second-order valence-electron chi connectivity index (χ2n) is 6.29. The van der Waals surface area contributed by atoms with Gasteiger partial charge in [0.25, 0.3) is 5.91 Å². The smallest absolute Gasteiger partial charge is 0.261 e. The van der Waals surface area contributed by atoms with E-state index in [1.165, 1.54) is 6.21 Å². The van der Waals surface area contributed by atoms with E-state index in [4.69, 9.17) is 9.47 Å². The van der Waals surface area contributed by atoms with Crippen LogP contribution in [0, 0.1) is 11.3 Å². The minimum Gasteiger partial charge on any atom is -0.490 e. The zero-order valence-electron chi connectivity index (χ0n) is 16.3. The molecule has 150 valence electrons. The van der Waals surface area contributed by atoms with E-state index in [2.05, 4.69) is 10.5 Å². The van der Waals surface area contributed by atoms with Gasteiger partial charge in [-0.25, -0.2) is 5.43 Å². The van der Waals surface area contributed by atoms with Gasteiger partial charge in [0.2, 0.25) is 0 Å². The number of nitrogens with zero attached hydrogens (tertiary/aromatic N) is 2. The van der Waals surface area contributed by atoms with Crippen molar-refractivity contribution < 1.29 is 14.3 Å². The third-order valence-electron chi connectivity index (χ3n) is 4.16. The van der Waals surface area contributed by atoms with Crippen LogP contribution in [0.25, 0.3) is 0 Å². The summed E-state index contributed by atoms with van der Waals surface area (Å²) in [4.78, 5) is 12.2. The first-order valence-electron chi connectivity index (χ1n) is 9.44. The molecular weight excluding hydrogens is 378 g/mol. The van der Waals surface area contributed by atoms with Crippen LogP contribution < -0.4 is 14.9 Å². The predicted molar refractivity (Wildman–Crippen MR) is 114 cm³/mol. The van der Waals surface area contributed by atoms with Gasteiger partial charge in [-0.3, -0.25) is 4.79 Å². The summed E-state index contributed by atoms with van der Waals surface area (Å²) in [5.41, 5.74) is 3.83. The average Bonchev–Trinajstić information content (AvgIpc) is 2.80. The van der Waals surface area contributed by atoms with E-state index >= 15 is 0 Å². The average molecular weight is 399 g/mol. The van der Waals surface area contributed by atoms with Crippen LogP contribution in [-0.4, -0.2) is 25.3 Å². The predicted octanol–water partition coefficient (Wildman–Crippen LogP) is 3.90. The van der Waals surface area contributed by atoms with Crippen molar-refractivity contribution in [3.8, 4) is 17.6 Å². The molecule has 0 saturated carbocycles. The van der Waals surface area contributed by atoms with Crippen molar-refractivity contribution >= 4 is 12.1 Å². The van der Waals surface area contributed by atoms with Crippen LogP contribution in [0.4, 0.5) is 0 Å². The van der Waals surface area contributed by atoms with E-state index in [-0.39, 0.29) is 0 Å². The van der Waals surface area contributed by atoms with E-state index in [1.807, 2.05) is 66.7 Å². The minimum absolute atomic E-state index is 0.424. The van der Waals surface area contributed by atoms with Gasteiger partial charge in [-0.1, -0.05) is 48.5 Å². The first-order chi connectivity index (χ1) is 14.8. The van der Waals surface area contributed by atoms with E-state index in [9.17, 15) is 10.1 Å². The Morgan fingerprint density at radius 2 is 1.47 bits per heavy atom. The van der Waals surface area contributed by atoms with E-state index in [0.717, 1.165) is 11.3 Å². The van der Waals surface area contributed by atoms with Crippen LogP contribution in [0.2, 0.25) is 0 Å². The SMILES string of the molecule is N#C[C@H](C(=O)N/N=C\c1ccc(OCCOc2ccccc2)cc1)c1ccccc1. The Morgan fingerprint density at radius 3 is 2.07 bits per heavy atom. The van der Waals surface area contributed by atoms with Crippen molar-refractivity contribution in [3.63, 3.8) is 0 Å². The Hall–Kier alpha value is -4.11. The Labute approximate surface area is 175 Å². The molecule has 1 atom stereocenters. The number of para-hydroxylation sites is 1. The number of nitrogens with one attached hydrogen (secondary N) is 1. The number of hydrogen-bond donors (Lipinski definition) is 1. The first kappa shape index (κ1) is 20.6. The van der Waals surface area contributed by atoms with E-state index in [0.29, 0.717) is 24.5 Å². The molecule has 0 aliphatic rings. The van der Waals surface area contributed by atoms with Crippen LogP contribution in [-0.2, 0) is 4.79 Å². The van der Waals surface area contributed by atoms with Crippen molar-refractivity contribution in [2.45, 2.75) is 5.92 Å². The Balaban J connectivity index is 1.44. The van der Waals surface area contributed by atoms with Crippen LogP contribution in [0.3, 0.4) is 0 Å². The van der Waals surface area contributed by atoms with Crippen molar-refractivity contribution in [2.75, 3.05) is 13.2 Å². The number of ether oxygens (including phenoxy) is 2. The van der Waals surface area contributed by atoms with Gasteiger partial charge >= 0.3 is 0 Å². The molecule has 0 unspecified atom stereocenters. The van der Waals surface area contributed by atoms with Crippen molar-refractivity contribution in [2.24, 2.45) is 5.10 Å². The molecule has 3 aromatic rings.